The summed E-state index contributed by atoms with van der Waals surface area (Å²) in [5, 5.41) is 4.91. The molecular weight excluding hydrogens is 174 g/mol. The zero-order chi connectivity index (χ0) is 8.55. The van der Waals surface area contributed by atoms with Crippen LogP contribution in [0.15, 0.2) is 18.3 Å². The lowest BCUT2D eigenvalue weighted by atomic mass is 10.5. The third kappa shape index (κ3) is 1.16. The minimum absolute atomic E-state index is 0.692. The first-order chi connectivity index (χ1) is 5.79. The quantitative estimate of drug-likeness (QED) is 0.673. The van der Waals surface area contributed by atoms with Crippen LogP contribution >= 0.6 is 11.6 Å². The Morgan fingerprint density at radius 1 is 1.58 bits per heavy atom. The highest BCUT2D eigenvalue weighted by molar-refractivity contribution is 6.30. The minimum Gasteiger partial charge on any atom is -0.221 e. The summed E-state index contributed by atoms with van der Waals surface area (Å²) in [5.74, 6) is 0.845. The van der Waals surface area contributed by atoms with Gasteiger partial charge in [-0.2, -0.15) is 5.10 Å². The van der Waals surface area contributed by atoms with Gasteiger partial charge in [-0.05, 0) is 6.07 Å². The van der Waals surface area contributed by atoms with Crippen molar-refractivity contribution >= 4 is 17.2 Å². The van der Waals surface area contributed by atoms with Crippen LogP contribution in [0.5, 0.6) is 0 Å². The summed E-state index contributed by atoms with van der Waals surface area (Å²) < 4.78 is 1.73. The van der Waals surface area contributed by atoms with E-state index in [0.717, 1.165) is 17.9 Å². The molecule has 0 N–H and O–H groups in total. The molecule has 2 heterocycles. The highest BCUT2D eigenvalue weighted by Crippen LogP contribution is 2.10. The molecule has 0 aliphatic rings. The Kier molecular flexibility index (Phi) is 1.73. The fraction of sp³-hybridized carbons (Fsp3) is 0.250. The van der Waals surface area contributed by atoms with E-state index in [-0.39, 0.29) is 0 Å². The van der Waals surface area contributed by atoms with E-state index in [0.29, 0.717) is 5.02 Å². The van der Waals surface area contributed by atoms with Crippen molar-refractivity contribution in [1.82, 2.24) is 14.6 Å². The maximum Gasteiger partial charge on any atom is 0.157 e. The third-order valence-corrected chi connectivity index (χ3v) is 1.89. The first kappa shape index (κ1) is 7.55. The van der Waals surface area contributed by atoms with Crippen molar-refractivity contribution in [2.45, 2.75) is 13.3 Å². The number of halogens is 1. The smallest absolute Gasteiger partial charge is 0.157 e. The second-order valence-electron chi connectivity index (χ2n) is 2.53. The van der Waals surface area contributed by atoms with Crippen LogP contribution in [-0.2, 0) is 6.42 Å². The summed E-state index contributed by atoms with van der Waals surface area (Å²) in [4.78, 5) is 4.26. The first-order valence-corrected chi connectivity index (χ1v) is 4.18. The summed E-state index contributed by atoms with van der Waals surface area (Å²) >= 11 is 5.79. The van der Waals surface area contributed by atoms with Crippen molar-refractivity contribution in [3.8, 4) is 0 Å². The molecule has 3 nitrogen and oxygen atoms in total. The third-order valence-electron chi connectivity index (χ3n) is 1.66. The Bertz CT molecular complexity index is 408. The number of pyridine rings is 1. The topological polar surface area (TPSA) is 30.2 Å². The number of rotatable bonds is 1. The molecule has 0 radical (unpaired) electrons. The summed E-state index contributed by atoms with van der Waals surface area (Å²) in [5.41, 5.74) is 0.805. The molecule has 0 aromatic carbocycles. The van der Waals surface area contributed by atoms with Crippen molar-refractivity contribution in [2.75, 3.05) is 0 Å². The molecule has 0 fully saturated rings. The highest BCUT2D eigenvalue weighted by Gasteiger charge is 2.00. The van der Waals surface area contributed by atoms with E-state index in [1.165, 1.54) is 0 Å². The standard InChI is InChI=1S/C8H8ClN3/c1-2-7-10-8-5-6(9)3-4-12(8)11-7/h3-5H,2H2,1H3. The van der Waals surface area contributed by atoms with Gasteiger partial charge in [0.25, 0.3) is 0 Å². The van der Waals surface area contributed by atoms with E-state index in [2.05, 4.69) is 10.1 Å². The van der Waals surface area contributed by atoms with Crippen LogP contribution in [0.25, 0.3) is 5.65 Å². The van der Waals surface area contributed by atoms with Gasteiger partial charge in [0, 0.05) is 23.7 Å². The van der Waals surface area contributed by atoms with Crippen molar-refractivity contribution in [3.05, 3.63) is 29.2 Å². The van der Waals surface area contributed by atoms with E-state index < -0.39 is 0 Å². The summed E-state index contributed by atoms with van der Waals surface area (Å²) in [6.45, 7) is 2.02. The van der Waals surface area contributed by atoms with Crippen LogP contribution in [0, 0.1) is 0 Å². The minimum atomic E-state index is 0.692. The maximum absolute atomic E-state index is 5.79. The summed E-state index contributed by atoms with van der Waals surface area (Å²) in [7, 11) is 0. The predicted octanol–water partition coefficient (Wildman–Crippen LogP) is 1.95. The Labute approximate surface area is 75.0 Å². The lowest BCUT2D eigenvalue weighted by Gasteiger charge is -1.89. The molecule has 0 amide bonds. The molecule has 2 rings (SSSR count). The molecule has 4 heteroatoms. The molecule has 0 atom stereocenters. The van der Waals surface area contributed by atoms with E-state index in [1.54, 1.807) is 16.6 Å². The monoisotopic (exact) mass is 181 g/mol. The van der Waals surface area contributed by atoms with Gasteiger partial charge in [0.2, 0.25) is 0 Å². The van der Waals surface area contributed by atoms with Crippen molar-refractivity contribution in [2.24, 2.45) is 0 Å². The van der Waals surface area contributed by atoms with E-state index >= 15 is 0 Å². The van der Waals surface area contributed by atoms with Gasteiger partial charge in [0.1, 0.15) is 0 Å². The second-order valence-corrected chi connectivity index (χ2v) is 2.97. The van der Waals surface area contributed by atoms with Gasteiger partial charge in [-0.1, -0.05) is 18.5 Å². The van der Waals surface area contributed by atoms with Gasteiger partial charge in [0.05, 0.1) is 0 Å². The lowest BCUT2D eigenvalue weighted by molar-refractivity contribution is 0.886. The highest BCUT2D eigenvalue weighted by atomic mass is 35.5. The zero-order valence-electron chi connectivity index (χ0n) is 6.66. The molecule has 2 aromatic rings. The van der Waals surface area contributed by atoms with E-state index in [1.807, 2.05) is 13.1 Å². The molecule has 0 aliphatic carbocycles. The second kappa shape index (κ2) is 2.75. The van der Waals surface area contributed by atoms with Crippen molar-refractivity contribution in [1.29, 1.82) is 0 Å². The number of fused-ring (bicyclic) bond motifs is 1. The van der Waals surface area contributed by atoms with Crippen LogP contribution < -0.4 is 0 Å². The van der Waals surface area contributed by atoms with E-state index in [4.69, 9.17) is 11.6 Å². The van der Waals surface area contributed by atoms with Gasteiger partial charge in [-0.15, -0.1) is 0 Å². The largest absolute Gasteiger partial charge is 0.221 e. The van der Waals surface area contributed by atoms with Gasteiger partial charge in [-0.25, -0.2) is 9.50 Å². The molecule has 2 aromatic heterocycles. The lowest BCUT2D eigenvalue weighted by Crippen LogP contribution is -1.86. The Morgan fingerprint density at radius 2 is 2.42 bits per heavy atom. The molecule has 0 aliphatic heterocycles. The van der Waals surface area contributed by atoms with Gasteiger partial charge in [0.15, 0.2) is 11.5 Å². The zero-order valence-corrected chi connectivity index (χ0v) is 7.41. The normalized spacial score (nSPS) is 10.8. The fourth-order valence-electron chi connectivity index (χ4n) is 1.05. The SMILES string of the molecule is CCc1nc2cc(Cl)ccn2n1. The summed E-state index contributed by atoms with van der Waals surface area (Å²) in [6.07, 6.45) is 2.66. The first-order valence-electron chi connectivity index (χ1n) is 3.80. The van der Waals surface area contributed by atoms with Crippen LogP contribution in [0.2, 0.25) is 5.02 Å². The number of aryl methyl sites for hydroxylation is 1. The molecule has 12 heavy (non-hydrogen) atoms. The molecular formula is C8H8ClN3. The molecule has 0 unspecified atom stereocenters. The Balaban J connectivity index is 2.67. The van der Waals surface area contributed by atoms with Crippen molar-refractivity contribution in [3.63, 3.8) is 0 Å². The van der Waals surface area contributed by atoms with Crippen LogP contribution in [0.4, 0.5) is 0 Å². The van der Waals surface area contributed by atoms with Crippen LogP contribution in [-0.4, -0.2) is 14.6 Å². The van der Waals surface area contributed by atoms with Crippen LogP contribution in [0.1, 0.15) is 12.7 Å². The molecule has 0 bridgehead atoms. The maximum atomic E-state index is 5.79. The van der Waals surface area contributed by atoms with Crippen molar-refractivity contribution < 1.29 is 0 Å². The molecule has 62 valence electrons. The Morgan fingerprint density at radius 3 is 3.17 bits per heavy atom. The predicted molar refractivity (Wildman–Crippen MR) is 47.4 cm³/mol. The average Bonchev–Trinajstić information content (AvgIpc) is 2.46. The van der Waals surface area contributed by atoms with Gasteiger partial charge in [-0.3, -0.25) is 0 Å². The van der Waals surface area contributed by atoms with Gasteiger partial charge < -0.3 is 0 Å². The van der Waals surface area contributed by atoms with E-state index in [9.17, 15) is 0 Å². The fourth-order valence-corrected chi connectivity index (χ4v) is 1.21. The number of hydrogen-bond donors (Lipinski definition) is 0. The number of nitrogens with zero attached hydrogens (tertiary/aromatic N) is 3. The number of aromatic nitrogens is 3. The van der Waals surface area contributed by atoms with Crippen LogP contribution in [0.3, 0.4) is 0 Å². The molecule has 0 saturated carbocycles. The average molecular weight is 182 g/mol. The molecule has 0 spiro atoms. The number of hydrogen-bond acceptors (Lipinski definition) is 2. The van der Waals surface area contributed by atoms with Gasteiger partial charge >= 0.3 is 0 Å². The molecule has 0 saturated heterocycles. The summed E-state index contributed by atoms with van der Waals surface area (Å²) in [6, 6.07) is 3.59. The Hall–Kier alpha value is -1.09.